The van der Waals surface area contributed by atoms with E-state index in [0.29, 0.717) is 0 Å². The minimum Gasteiger partial charge on any atom is -0.316 e. The Morgan fingerprint density at radius 2 is 2.05 bits per heavy atom. The van der Waals surface area contributed by atoms with Crippen molar-refractivity contribution in [2.24, 2.45) is 5.92 Å². The Morgan fingerprint density at radius 3 is 2.68 bits per heavy atom. The van der Waals surface area contributed by atoms with Crippen LogP contribution in [0.5, 0.6) is 0 Å². The Kier molecular flexibility index (Phi) is 4.19. The van der Waals surface area contributed by atoms with Gasteiger partial charge >= 0.3 is 0 Å². The summed E-state index contributed by atoms with van der Waals surface area (Å²) in [5, 5.41) is 3.51. The summed E-state index contributed by atoms with van der Waals surface area (Å²) in [6.45, 7) is 4.89. The third-order valence-corrected chi connectivity index (χ3v) is 4.77. The second kappa shape index (κ2) is 6.06. The van der Waals surface area contributed by atoms with E-state index in [9.17, 15) is 0 Å². The molecule has 2 aliphatic heterocycles. The fourth-order valence-corrected chi connectivity index (χ4v) is 3.56. The van der Waals surface area contributed by atoms with Crippen LogP contribution in [0.2, 0.25) is 0 Å². The number of hydrogen-bond acceptors (Lipinski definition) is 2. The van der Waals surface area contributed by atoms with Crippen molar-refractivity contribution in [2.75, 3.05) is 33.2 Å². The maximum absolute atomic E-state index is 3.51. The van der Waals surface area contributed by atoms with Crippen LogP contribution in [0.15, 0.2) is 24.3 Å². The lowest BCUT2D eigenvalue weighted by molar-refractivity contribution is 0.376. The molecule has 19 heavy (non-hydrogen) atoms. The average Bonchev–Trinajstić information content (AvgIpc) is 2.87. The SMILES string of the molecule is CN1CCC(c2ccc(CC3CCCNC3)cc2)C1. The largest absolute Gasteiger partial charge is 0.316 e. The van der Waals surface area contributed by atoms with Gasteiger partial charge in [-0.3, -0.25) is 0 Å². The molecule has 2 nitrogen and oxygen atoms in total. The van der Waals surface area contributed by atoms with E-state index >= 15 is 0 Å². The van der Waals surface area contributed by atoms with Crippen molar-refractivity contribution < 1.29 is 0 Å². The van der Waals surface area contributed by atoms with E-state index in [0.717, 1.165) is 11.8 Å². The predicted molar refractivity (Wildman–Crippen MR) is 80.6 cm³/mol. The first-order chi connectivity index (χ1) is 9.31. The van der Waals surface area contributed by atoms with Crippen molar-refractivity contribution in [3.63, 3.8) is 0 Å². The number of nitrogens with one attached hydrogen (secondary N) is 1. The number of nitrogens with zero attached hydrogens (tertiary/aromatic N) is 1. The van der Waals surface area contributed by atoms with E-state index in [1.54, 1.807) is 0 Å². The van der Waals surface area contributed by atoms with Gasteiger partial charge in [-0.05, 0) is 75.3 Å². The van der Waals surface area contributed by atoms with Gasteiger partial charge in [0, 0.05) is 6.54 Å². The monoisotopic (exact) mass is 258 g/mol. The zero-order valence-corrected chi connectivity index (χ0v) is 12.1. The molecule has 2 saturated heterocycles. The molecule has 0 saturated carbocycles. The lowest BCUT2D eigenvalue weighted by atomic mass is 9.90. The van der Waals surface area contributed by atoms with Gasteiger partial charge in [0.25, 0.3) is 0 Å². The molecule has 2 fully saturated rings. The fourth-order valence-electron chi connectivity index (χ4n) is 3.56. The van der Waals surface area contributed by atoms with Crippen LogP contribution in [-0.2, 0) is 6.42 Å². The number of likely N-dealkylation sites (N-methyl/N-ethyl adjacent to an activating group) is 1. The first-order valence-electron chi connectivity index (χ1n) is 7.79. The van der Waals surface area contributed by atoms with Crippen LogP contribution in [0, 0.1) is 5.92 Å². The average molecular weight is 258 g/mol. The minimum atomic E-state index is 0.760. The Hall–Kier alpha value is -0.860. The smallest absolute Gasteiger partial charge is 0.00477 e. The first kappa shape index (κ1) is 13.1. The van der Waals surface area contributed by atoms with E-state index in [1.165, 1.54) is 63.0 Å². The molecule has 2 heteroatoms. The van der Waals surface area contributed by atoms with Crippen LogP contribution in [0.4, 0.5) is 0 Å². The zero-order chi connectivity index (χ0) is 13.1. The van der Waals surface area contributed by atoms with Gasteiger partial charge in [-0.2, -0.15) is 0 Å². The highest BCUT2D eigenvalue weighted by atomic mass is 15.1. The molecule has 1 aromatic carbocycles. The second-order valence-corrected chi connectivity index (χ2v) is 6.41. The molecule has 104 valence electrons. The van der Waals surface area contributed by atoms with Crippen molar-refractivity contribution in [3.05, 3.63) is 35.4 Å². The molecular weight excluding hydrogens is 232 g/mol. The van der Waals surface area contributed by atoms with Crippen molar-refractivity contribution in [3.8, 4) is 0 Å². The summed E-state index contributed by atoms with van der Waals surface area (Å²) in [6, 6.07) is 9.47. The predicted octanol–water partition coefficient (Wildman–Crippen LogP) is 2.65. The van der Waals surface area contributed by atoms with Crippen molar-refractivity contribution in [1.82, 2.24) is 10.2 Å². The molecule has 1 N–H and O–H groups in total. The molecule has 2 heterocycles. The van der Waals surface area contributed by atoms with Crippen LogP contribution < -0.4 is 5.32 Å². The van der Waals surface area contributed by atoms with Crippen molar-refractivity contribution in [1.29, 1.82) is 0 Å². The number of piperidine rings is 1. The van der Waals surface area contributed by atoms with Gasteiger partial charge in [-0.15, -0.1) is 0 Å². The van der Waals surface area contributed by atoms with Crippen LogP contribution >= 0.6 is 0 Å². The highest BCUT2D eigenvalue weighted by molar-refractivity contribution is 5.26. The van der Waals surface area contributed by atoms with Gasteiger partial charge < -0.3 is 10.2 Å². The van der Waals surface area contributed by atoms with E-state index < -0.39 is 0 Å². The maximum atomic E-state index is 3.51. The Balaban J connectivity index is 1.59. The Morgan fingerprint density at radius 1 is 1.21 bits per heavy atom. The molecule has 2 aliphatic rings. The first-order valence-corrected chi connectivity index (χ1v) is 7.79. The summed E-state index contributed by atoms with van der Waals surface area (Å²) in [4.78, 5) is 2.44. The van der Waals surface area contributed by atoms with Crippen molar-refractivity contribution in [2.45, 2.75) is 31.6 Å². The molecule has 0 spiro atoms. The fraction of sp³-hybridized carbons (Fsp3) is 0.647. The molecule has 0 amide bonds. The topological polar surface area (TPSA) is 15.3 Å². The highest BCUT2D eigenvalue weighted by Crippen LogP contribution is 2.27. The molecular formula is C17H26N2. The quantitative estimate of drug-likeness (QED) is 0.896. The van der Waals surface area contributed by atoms with Crippen LogP contribution in [0.25, 0.3) is 0 Å². The third kappa shape index (κ3) is 3.37. The number of likely N-dealkylation sites (tertiary alicyclic amines) is 1. The van der Waals surface area contributed by atoms with E-state index in [-0.39, 0.29) is 0 Å². The number of benzene rings is 1. The van der Waals surface area contributed by atoms with Crippen LogP contribution in [0.3, 0.4) is 0 Å². The van der Waals surface area contributed by atoms with Gasteiger partial charge in [0.1, 0.15) is 0 Å². The Labute approximate surface area is 117 Å². The third-order valence-electron chi connectivity index (χ3n) is 4.77. The minimum absolute atomic E-state index is 0.760. The van der Waals surface area contributed by atoms with Gasteiger partial charge in [0.15, 0.2) is 0 Å². The maximum Gasteiger partial charge on any atom is 0.00477 e. The lowest BCUT2D eigenvalue weighted by Crippen LogP contribution is -2.30. The van der Waals surface area contributed by atoms with Gasteiger partial charge in [-0.1, -0.05) is 24.3 Å². The van der Waals surface area contributed by atoms with E-state index in [1.807, 2.05) is 0 Å². The summed E-state index contributed by atoms with van der Waals surface area (Å²) in [7, 11) is 2.23. The zero-order valence-electron chi connectivity index (χ0n) is 12.1. The van der Waals surface area contributed by atoms with Gasteiger partial charge in [-0.25, -0.2) is 0 Å². The molecule has 2 unspecified atom stereocenters. The summed E-state index contributed by atoms with van der Waals surface area (Å²) in [6.07, 6.45) is 5.31. The molecule has 1 aromatic rings. The van der Waals surface area contributed by atoms with E-state index in [2.05, 4.69) is 41.5 Å². The molecule has 0 aromatic heterocycles. The molecule has 0 radical (unpaired) electrons. The van der Waals surface area contributed by atoms with Crippen LogP contribution in [0.1, 0.15) is 36.3 Å². The summed E-state index contributed by atoms with van der Waals surface area (Å²) >= 11 is 0. The molecule has 3 rings (SSSR count). The highest BCUT2D eigenvalue weighted by Gasteiger charge is 2.21. The van der Waals surface area contributed by atoms with Gasteiger partial charge in [0.05, 0.1) is 0 Å². The number of hydrogen-bond donors (Lipinski definition) is 1. The number of rotatable bonds is 3. The standard InChI is InChI=1S/C17H26N2/c1-19-10-8-17(13-19)16-6-4-14(5-7-16)11-15-3-2-9-18-12-15/h4-7,15,17-18H,2-3,8-13H2,1H3. The molecule has 0 aliphatic carbocycles. The Bertz CT molecular complexity index is 392. The molecule has 2 atom stereocenters. The summed E-state index contributed by atoms with van der Waals surface area (Å²) < 4.78 is 0. The second-order valence-electron chi connectivity index (χ2n) is 6.41. The lowest BCUT2D eigenvalue weighted by Gasteiger charge is -2.22. The van der Waals surface area contributed by atoms with Crippen LogP contribution in [-0.4, -0.2) is 38.1 Å². The normalized spacial score (nSPS) is 28.7. The summed E-state index contributed by atoms with van der Waals surface area (Å²) in [5.74, 6) is 1.60. The van der Waals surface area contributed by atoms with Gasteiger partial charge in [0.2, 0.25) is 0 Å². The van der Waals surface area contributed by atoms with E-state index in [4.69, 9.17) is 0 Å². The summed E-state index contributed by atoms with van der Waals surface area (Å²) in [5.41, 5.74) is 3.05. The molecule has 0 bridgehead atoms. The van der Waals surface area contributed by atoms with Crippen molar-refractivity contribution >= 4 is 0 Å².